The number of aliphatic hydroxyl groups excluding tert-OH is 3. The third-order valence-electron chi connectivity index (χ3n) is 15.4. The molecule has 370 valence electrons. The first-order valence-electron chi connectivity index (χ1n) is 23.6. The van der Waals surface area contributed by atoms with E-state index in [2.05, 4.69) is 0 Å². The molecule has 11 rings (SSSR count). The summed E-state index contributed by atoms with van der Waals surface area (Å²) in [6, 6.07) is 1.83. The Morgan fingerprint density at radius 3 is 2.25 bits per heavy atom. The molecule has 20 heteroatoms. The van der Waals surface area contributed by atoms with Crippen LogP contribution in [0.4, 0.5) is 0 Å². The van der Waals surface area contributed by atoms with Crippen LogP contribution in [0.1, 0.15) is 116 Å². The first-order valence-corrected chi connectivity index (χ1v) is 23.6. The van der Waals surface area contributed by atoms with Crippen molar-refractivity contribution in [1.82, 2.24) is 4.90 Å². The second-order valence-electron chi connectivity index (χ2n) is 19.5. The number of hydrogen-bond acceptors (Lipinski definition) is 19. The molecule has 0 unspecified atom stereocenters. The van der Waals surface area contributed by atoms with E-state index in [9.17, 15) is 35.1 Å². The predicted octanol–water partition coefficient (Wildman–Crippen LogP) is 3.39. The number of fused-ring (bicyclic) bond motifs is 7. The van der Waals surface area contributed by atoms with Gasteiger partial charge in [-0.25, -0.2) is 0 Å². The Morgan fingerprint density at radius 2 is 1.49 bits per heavy atom. The molecule has 5 N–H and O–H groups in total. The number of aliphatic hydroxyl groups is 3. The monoisotopic (exact) mass is 953 g/mol. The van der Waals surface area contributed by atoms with Crippen molar-refractivity contribution in [2.24, 2.45) is 0 Å². The maximum absolute atomic E-state index is 14.6. The van der Waals surface area contributed by atoms with Crippen molar-refractivity contribution in [3.8, 4) is 28.4 Å². The van der Waals surface area contributed by atoms with Crippen molar-refractivity contribution in [1.29, 1.82) is 0 Å². The minimum Gasteiger partial charge on any atom is -0.506 e. The van der Waals surface area contributed by atoms with Crippen molar-refractivity contribution in [2.45, 2.75) is 170 Å². The van der Waals surface area contributed by atoms with E-state index in [1.807, 2.05) is 26.8 Å². The molecule has 4 fully saturated rings. The fraction of sp³-hybridized carbons (Fsp3) is 0.667. The van der Waals surface area contributed by atoms with Gasteiger partial charge in [0.25, 0.3) is 5.91 Å². The third kappa shape index (κ3) is 7.36. The van der Waals surface area contributed by atoms with Crippen LogP contribution >= 0.6 is 0 Å². The summed E-state index contributed by atoms with van der Waals surface area (Å²) in [6.45, 7) is 7.81. The van der Waals surface area contributed by atoms with Crippen LogP contribution in [-0.2, 0) is 60.2 Å². The highest BCUT2D eigenvalue weighted by molar-refractivity contribution is 6.06. The van der Waals surface area contributed by atoms with Gasteiger partial charge < -0.3 is 87.0 Å². The number of ether oxygens (including phenoxy) is 11. The largest absolute Gasteiger partial charge is 0.506 e. The minimum atomic E-state index is -1.53. The van der Waals surface area contributed by atoms with E-state index in [1.54, 1.807) is 26.0 Å². The van der Waals surface area contributed by atoms with Crippen LogP contribution in [0.15, 0.2) is 15.3 Å². The number of rotatable bonds is 8. The summed E-state index contributed by atoms with van der Waals surface area (Å²) in [5.74, 6) is -1.46. The van der Waals surface area contributed by atoms with Gasteiger partial charge in [-0.15, -0.1) is 0 Å². The Morgan fingerprint density at radius 1 is 0.765 bits per heavy atom. The number of carbonyl (C=O) groups excluding carboxylic acids is 1. The van der Waals surface area contributed by atoms with Crippen molar-refractivity contribution >= 4 is 16.9 Å². The number of nitrogens with zero attached hydrogens (tertiary/aromatic N) is 1. The van der Waals surface area contributed by atoms with Crippen LogP contribution in [-0.4, -0.2) is 150 Å². The molecule has 8 aliphatic rings. The van der Waals surface area contributed by atoms with Gasteiger partial charge in [-0.1, -0.05) is 6.07 Å². The average molecular weight is 954 g/mol. The molecule has 0 saturated carbocycles. The number of phenolic OH excluding ortho intramolecular Hbond substituents is 2. The minimum absolute atomic E-state index is 0.0617. The lowest BCUT2D eigenvalue weighted by molar-refractivity contribution is -0.330. The van der Waals surface area contributed by atoms with E-state index in [0.29, 0.717) is 61.9 Å². The molecule has 16 atom stereocenters. The summed E-state index contributed by atoms with van der Waals surface area (Å²) in [5, 5.41) is 57.6. The van der Waals surface area contributed by atoms with Crippen molar-refractivity contribution in [3.05, 3.63) is 49.9 Å². The molecule has 0 spiro atoms. The average Bonchev–Trinajstić information content (AvgIpc) is 3.70. The zero-order valence-electron chi connectivity index (χ0n) is 38.7. The van der Waals surface area contributed by atoms with Crippen LogP contribution in [0.25, 0.3) is 22.1 Å². The molecule has 4 saturated heterocycles. The summed E-state index contributed by atoms with van der Waals surface area (Å²) in [4.78, 5) is 30.0. The fourth-order valence-electron chi connectivity index (χ4n) is 11.9. The van der Waals surface area contributed by atoms with E-state index in [4.69, 9.17) is 56.5 Å². The standard InChI is InChI=1S/C48H59NO19/c1-18-24(65-30-15-28(58-6)43(20(3)64-30)67-31-14-26(57-5)38(51)19(2)63-31)7-8-29(62-18)66-27-13-23(50)34-41(54)37-42(55)36-32-21(11-22-16-48(4)49(9-10-61-48)47(56)33(22)40(32)53)12-25-35(36)45(60-17-59-25)46(37)68-44(34)39(27)52/h11,18-20,23-31,38-39,43,50-53,55H,7-10,12-17H2,1-6H3/t18-,19-,20-,23+,24+,25-,26-,27-,28-,29+,30+,31+,38-,39+,43-,48-/m1/s1. The molecule has 1 amide bonds. The number of benzene rings is 2. The fourth-order valence-corrected chi connectivity index (χ4v) is 11.9. The molecular weight excluding hydrogens is 895 g/mol. The second kappa shape index (κ2) is 17.4. The summed E-state index contributed by atoms with van der Waals surface area (Å²) in [7, 11) is 3.15. The Labute approximate surface area is 390 Å². The lowest BCUT2D eigenvalue weighted by Gasteiger charge is -2.45. The molecule has 1 aromatic heterocycles. The Kier molecular flexibility index (Phi) is 11.9. The van der Waals surface area contributed by atoms with E-state index < -0.39 is 103 Å². The molecule has 3 aromatic rings. The highest BCUT2D eigenvalue weighted by Gasteiger charge is 2.51. The molecule has 68 heavy (non-hydrogen) atoms. The van der Waals surface area contributed by atoms with Crippen LogP contribution in [0.3, 0.4) is 0 Å². The first kappa shape index (κ1) is 46.4. The maximum atomic E-state index is 14.6. The van der Waals surface area contributed by atoms with Gasteiger partial charge in [-0.2, -0.15) is 0 Å². The number of hydrogen-bond donors (Lipinski definition) is 5. The summed E-state index contributed by atoms with van der Waals surface area (Å²) < 4.78 is 73.2. The topological polar surface area (TPSA) is 253 Å². The van der Waals surface area contributed by atoms with Crippen LogP contribution in [0.5, 0.6) is 17.2 Å². The quantitative estimate of drug-likeness (QED) is 0.217. The van der Waals surface area contributed by atoms with Crippen molar-refractivity contribution in [2.75, 3.05) is 34.2 Å². The van der Waals surface area contributed by atoms with E-state index in [0.717, 1.165) is 0 Å². The summed E-state index contributed by atoms with van der Waals surface area (Å²) in [5.41, 5.74) is -0.241. The van der Waals surface area contributed by atoms with Gasteiger partial charge in [0.15, 0.2) is 37.0 Å². The molecule has 0 radical (unpaired) electrons. The van der Waals surface area contributed by atoms with Crippen molar-refractivity contribution < 1.29 is 86.8 Å². The molecule has 0 bridgehead atoms. The van der Waals surface area contributed by atoms with Crippen LogP contribution in [0, 0.1) is 0 Å². The lowest BCUT2D eigenvalue weighted by atomic mass is 9.77. The number of phenols is 2. The van der Waals surface area contributed by atoms with Gasteiger partial charge in [-0.05, 0) is 45.2 Å². The van der Waals surface area contributed by atoms with Gasteiger partial charge >= 0.3 is 0 Å². The Bertz CT molecular complexity index is 2550. The third-order valence-corrected chi connectivity index (χ3v) is 15.4. The van der Waals surface area contributed by atoms with Gasteiger partial charge in [0.05, 0.1) is 72.7 Å². The van der Waals surface area contributed by atoms with Crippen LogP contribution < -0.4 is 10.2 Å². The van der Waals surface area contributed by atoms with Gasteiger partial charge in [0.1, 0.15) is 46.7 Å². The summed E-state index contributed by atoms with van der Waals surface area (Å²) >= 11 is 0. The number of methoxy groups -OCH3 is 2. The molecule has 6 aliphatic heterocycles. The Hall–Kier alpha value is -4.00. The maximum Gasteiger partial charge on any atom is 0.260 e. The molecular formula is C48H59NO19. The zero-order chi connectivity index (χ0) is 47.7. The second-order valence-corrected chi connectivity index (χ2v) is 19.5. The van der Waals surface area contributed by atoms with E-state index >= 15 is 0 Å². The van der Waals surface area contributed by atoms with Crippen molar-refractivity contribution in [3.63, 3.8) is 0 Å². The SMILES string of the molecule is CO[C@@H]1C[C@H](O[C@@H]2[C@@H](C)O[C@@H](O[C@H]3CC[C@H](O[C@@H]4C[C@H](O)c5c(oc6c7c8c(c(O)c6c5=O)-c5c(cc6c(c5O)C(=O)N5CCO[C@]5(C)C6)C[C@H]8OCO7)[C@H]4O)O[C@@H]3C)C[C@H]2OC)O[C@H](C)[C@H]1O. The van der Waals surface area contributed by atoms with E-state index in [-0.39, 0.29) is 82.3 Å². The first-order chi connectivity index (χ1) is 32.6. The smallest absolute Gasteiger partial charge is 0.260 e. The lowest BCUT2D eigenvalue weighted by Crippen LogP contribution is -2.55. The normalized spacial score (nSPS) is 38.6. The number of amides is 1. The Balaban J connectivity index is 0.805. The number of carbonyl (C=O) groups is 1. The van der Waals surface area contributed by atoms with Crippen LogP contribution in [0.2, 0.25) is 0 Å². The van der Waals surface area contributed by atoms with Gasteiger partial charge in [-0.3, -0.25) is 9.59 Å². The van der Waals surface area contributed by atoms with Gasteiger partial charge in [0.2, 0.25) is 5.43 Å². The summed E-state index contributed by atoms with van der Waals surface area (Å²) in [6.07, 6.45) is -8.73. The van der Waals surface area contributed by atoms with Gasteiger partial charge in [0, 0.05) is 76.0 Å². The van der Waals surface area contributed by atoms with E-state index in [1.165, 1.54) is 0 Å². The molecule has 2 aliphatic carbocycles. The number of aromatic hydroxyl groups is 2. The molecule has 20 nitrogen and oxygen atoms in total. The molecule has 2 aromatic carbocycles. The predicted molar refractivity (Wildman–Crippen MR) is 232 cm³/mol. The zero-order valence-corrected chi connectivity index (χ0v) is 38.7. The highest BCUT2D eigenvalue weighted by Crippen LogP contribution is 2.58. The highest BCUT2D eigenvalue weighted by atomic mass is 16.7. The molecule has 7 heterocycles.